The van der Waals surface area contributed by atoms with Crippen molar-refractivity contribution < 1.29 is 0 Å². The first-order valence-corrected chi connectivity index (χ1v) is 5.98. The van der Waals surface area contributed by atoms with E-state index < -0.39 is 0 Å². The summed E-state index contributed by atoms with van der Waals surface area (Å²) in [5, 5.41) is 7.15. The van der Waals surface area contributed by atoms with Crippen LogP contribution in [0.5, 0.6) is 0 Å². The van der Waals surface area contributed by atoms with Gasteiger partial charge in [-0.2, -0.15) is 0 Å². The average molecular weight is 241 g/mol. The molecule has 0 aromatic carbocycles. The van der Waals surface area contributed by atoms with E-state index in [0.717, 1.165) is 25.5 Å². The van der Waals surface area contributed by atoms with Gasteiger partial charge in [0.2, 0.25) is 0 Å². The van der Waals surface area contributed by atoms with Crippen molar-refractivity contribution in [3.05, 3.63) is 17.5 Å². The molecule has 0 saturated carbocycles. The van der Waals surface area contributed by atoms with Crippen LogP contribution in [0.2, 0.25) is 5.15 Å². The summed E-state index contributed by atoms with van der Waals surface area (Å²) in [6, 6.07) is 0. The van der Waals surface area contributed by atoms with E-state index in [9.17, 15) is 0 Å². The van der Waals surface area contributed by atoms with Gasteiger partial charge in [-0.3, -0.25) is 4.98 Å². The second-order valence-corrected chi connectivity index (χ2v) is 5.06. The molecule has 1 aromatic heterocycles. The lowest BCUT2D eigenvalue weighted by Gasteiger charge is -2.34. The van der Waals surface area contributed by atoms with Gasteiger partial charge in [0, 0.05) is 13.1 Å². The van der Waals surface area contributed by atoms with Crippen LogP contribution in [0.25, 0.3) is 0 Å². The van der Waals surface area contributed by atoms with Crippen LogP contribution < -0.4 is 10.6 Å². The van der Waals surface area contributed by atoms with E-state index in [1.807, 2.05) is 0 Å². The fraction of sp³-hybridized carbons (Fsp3) is 0.636. The molecule has 1 aliphatic rings. The van der Waals surface area contributed by atoms with Crippen LogP contribution in [-0.2, 0) is 0 Å². The topological polar surface area (TPSA) is 49.8 Å². The molecule has 1 aliphatic heterocycles. The molecule has 2 rings (SSSR count). The number of hydrogen-bond acceptors (Lipinski definition) is 4. The lowest BCUT2D eigenvalue weighted by Crippen LogP contribution is -2.42. The maximum absolute atomic E-state index is 5.78. The fourth-order valence-electron chi connectivity index (χ4n) is 2.00. The fourth-order valence-corrected chi connectivity index (χ4v) is 2.15. The van der Waals surface area contributed by atoms with Gasteiger partial charge in [0.1, 0.15) is 11.0 Å². The molecular formula is C11H17ClN4. The van der Waals surface area contributed by atoms with Crippen LogP contribution in [0.1, 0.15) is 19.8 Å². The van der Waals surface area contributed by atoms with Gasteiger partial charge in [0.25, 0.3) is 0 Å². The van der Waals surface area contributed by atoms with Crippen molar-refractivity contribution in [2.45, 2.75) is 19.8 Å². The largest absolute Gasteiger partial charge is 0.368 e. The predicted molar refractivity (Wildman–Crippen MR) is 65.7 cm³/mol. The first-order chi connectivity index (χ1) is 7.68. The number of hydrogen-bond donors (Lipinski definition) is 2. The van der Waals surface area contributed by atoms with Crippen molar-refractivity contribution >= 4 is 17.4 Å². The molecule has 1 unspecified atom stereocenters. The van der Waals surface area contributed by atoms with E-state index in [1.165, 1.54) is 19.0 Å². The Kier molecular flexibility index (Phi) is 3.61. The molecule has 0 spiro atoms. The Bertz CT molecular complexity index is 350. The maximum atomic E-state index is 5.78. The molecule has 2 heterocycles. The van der Waals surface area contributed by atoms with Crippen LogP contribution in [0.4, 0.5) is 5.82 Å². The molecule has 88 valence electrons. The van der Waals surface area contributed by atoms with Gasteiger partial charge in [0.15, 0.2) is 0 Å². The summed E-state index contributed by atoms with van der Waals surface area (Å²) < 4.78 is 0. The summed E-state index contributed by atoms with van der Waals surface area (Å²) in [5.41, 5.74) is 0.294. The normalized spacial score (nSPS) is 25.4. The van der Waals surface area contributed by atoms with Crippen molar-refractivity contribution in [3.8, 4) is 0 Å². The van der Waals surface area contributed by atoms with Gasteiger partial charge in [-0.05, 0) is 24.8 Å². The number of halogens is 1. The Labute approximate surface area is 101 Å². The molecule has 0 aliphatic carbocycles. The zero-order valence-electron chi connectivity index (χ0n) is 9.46. The van der Waals surface area contributed by atoms with E-state index in [1.54, 1.807) is 6.20 Å². The second kappa shape index (κ2) is 4.97. The Morgan fingerprint density at radius 2 is 2.44 bits per heavy atom. The van der Waals surface area contributed by atoms with E-state index in [4.69, 9.17) is 11.6 Å². The lowest BCUT2D eigenvalue weighted by molar-refractivity contribution is 0.253. The predicted octanol–water partition coefficient (Wildman–Crippen LogP) is 1.93. The number of aromatic nitrogens is 2. The third kappa shape index (κ3) is 3.06. The molecule has 1 saturated heterocycles. The van der Waals surface area contributed by atoms with Crippen LogP contribution in [0.3, 0.4) is 0 Å². The van der Waals surface area contributed by atoms with Crippen LogP contribution in [0, 0.1) is 5.41 Å². The quantitative estimate of drug-likeness (QED) is 0.848. The molecule has 1 aromatic rings. The highest BCUT2D eigenvalue weighted by atomic mass is 35.5. The highest BCUT2D eigenvalue weighted by Gasteiger charge is 2.26. The van der Waals surface area contributed by atoms with E-state index >= 15 is 0 Å². The smallest absolute Gasteiger partial charge is 0.149 e. The van der Waals surface area contributed by atoms with E-state index in [2.05, 4.69) is 27.5 Å². The lowest BCUT2D eigenvalue weighted by atomic mass is 9.83. The molecule has 0 radical (unpaired) electrons. The third-order valence-electron chi connectivity index (χ3n) is 2.99. The second-order valence-electron chi connectivity index (χ2n) is 4.67. The highest BCUT2D eigenvalue weighted by Crippen LogP contribution is 2.25. The number of piperidine rings is 1. The van der Waals surface area contributed by atoms with Crippen molar-refractivity contribution in [2.75, 3.05) is 25.0 Å². The molecule has 4 nitrogen and oxygen atoms in total. The summed E-state index contributed by atoms with van der Waals surface area (Å²) in [6.07, 6.45) is 5.71. The van der Waals surface area contributed by atoms with Gasteiger partial charge in [-0.15, -0.1) is 0 Å². The maximum Gasteiger partial charge on any atom is 0.149 e. The van der Waals surface area contributed by atoms with E-state index in [-0.39, 0.29) is 0 Å². The van der Waals surface area contributed by atoms with Gasteiger partial charge in [-0.1, -0.05) is 18.5 Å². The third-order valence-corrected chi connectivity index (χ3v) is 3.17. The Hall–Kier alpha value is -0.870. The standard InChI is InChI=1S/C11H17ClN4/c1-11(3-2-4-13-7-11)8-15-10-6-14-5-9(12)16-10/h5-6,13H,2-4,7-8H2,1H3,(H,15,16). The minimum atomic E-state index is 0.294. The van der Waals surface area contributed by atoms with Gasteiger partial charge in [0.05, 0.1) is 12.4 Å². The Morgan fingerprint density at radius 1 is 1.56 bits per heavy atom. The Morgan fingerprint density at radius 3 is 3.12 bits per heavy atom. The van der Waals surface area contributed by atoms with Crippen molar-refractivity contribution in [1.29, 1.82) is 0 Å². The minimum Gasteiger partial charge on any atom is -0.368 e. The van der Waals surface area contributed by atoms with Gasteiger partial charge >= 0.3 is 0 Å². The van der Waals surface area contributed by atoms with E-state index in [0.29, 0.717) is 10.6 Å². The van der Waals surface area contributed by atoms with Crippen LogP contribution in [0.15, 0.2) is 12.4 Å². The molecule has 16 heavy (non-hydrogen) atoms. The first kappa shape index (κ1) is 11.6. The number of anilines is 1. The van der Waals surface area contributed by atoms with Crippen LogP contribution in [-0.4, -0.2) is 29.6 Å². The van der Waals surface area contributed by atoms with Crippen molar-refractivity contribution in [3.63, 3.8) is 0 Å². The Balaban J connectivity index is 1.91. The van der Waals surface area contributed by atoms with Gasteiger partial charge in [-0.25, -0.2) is 4.98 Å². The first-order valence-electron chi connectivity index (χ1n) is 5.60. The molecule has 5 heteroatoms. The summed E-state index contributed by atoms with van der Waals surface area (Å²) in [4.78, 5) is 8.16. The molecule has 2 N–H and O–H groups in total. The summed E-state index contributed by atoms with van der Waals surface area (Å²) in [7, 11) is 0. The monoisotopic (exact) mass is 240 g/mol. The number of rotatable bonds is 3. The number of nitrogens with one attached hydrogen (secondary N) is 2. The zero-order chi connectivity index (χ0) is 11.4. The molecule has 0 amide bonds. The van der Waals surface area contributed by atoms with Crippen molar-refractivity contribution in [2.24, 2.45) is 5.41 Å². The molecule has 1 atom stereocenters. The number of nitrogens with zero attached hydrogens (tertiary/aromatic N) is 2. The van der Waals surface area contributed by atoms with Crippen LogP contribution >= 0.6 is 11.6 Å². The van der Waals surface area contributed by atoms with Gasteiger partial charge < -0.3 is 10.6 Å². The zero-order valence-corrected chi connectivity index (χ0v) is 10.2. The summed E-state index contributed by atoms with van der Waals surface area (Å²) in [6.45, 7) is 5.36. The minimum absolute atomic E-state index is 0.294. The molecular weight excluding hydrogens is 224 g/mol. The summed E-state index contributed by atoms with van der Waals surface area (Å²) >= 11 is 5.78. The SMILES string of the molecule is CC1(CNc2cncc(Cl)n2)CCCNC1. The van der Waals surface area contributed by atoms with Crippen molar-refractivity contribution in [1.82, 2.24) is 15.3 Å². The summed E-state index contributed by atoms with van der Waals surface area (Å²) in [5.74, 6) is 0.749. The molecule has 0 bridgehead atoms. The highest BCUT2D eigenvalue weighted by molar-refractivity contribution is 6.29. The average Bonchev–Trinajstić information content (AvgIpc) is 2.28. The molecule has 1 fully saturated rings.